The maximum atomic E-state index is 6.13. The second-order valence-corrected chi connectivity index (χ2v) is 4.23. The Morgan fingerprint density at radius 1 is 1.11 bits per heavy atom. The van der Waals surface area contributed by atoms with E-state index in [1.54, 1.807) is 6.20 Å². The lowest BCUT2D eigenvalue weighted by atomic mass is 10.2. The molecule has 0 bridgehead atoms. The molecule has 0 aliphatic rings. The smallest absolute Gasteiger partial charge is 0.175 e. The molecule has 0 amide bonds. The average Bonchev–Trinajstić information content (AvgIpc) is 2.84. The molecule has 0 N–H and O–H groups in total. The average molecular weight is 274 g/mol. The first-order chi connectivity index (χ1) is 9.25. The Kier molecular flexibility index (Phi) is 4.17. The number of nitrogens with zero attached hydrogens (tertiary/aromatic N) is 3. The van der Waals surface area contributed by atoms with Gasteiger partial charge in [-0.2, -0.15) is 0 Å². The van der Waals surface area contributed by atoms with Crippen LogP contribution >= 0.6 is 11.6 Å². The van der Waals surface area contributed by atoms with Gasteiger partial charge in [-0.3, -0.25) is 4.40 Å². The predicted molar refractivity (Wildman–Crippen MR) is 79.5 cm³/mol. The summed E-state index contributed by atoms with van der Waals surface area (Å²) in [5, 5.41) is 0.430. The van der Waals surface area contributed by atoms with E-state index in [4.69, 9.17) is 11.6 Å². The molecule has 1 aromatic carbocycles. The monoisotopic (exact) mass is 273 g/mol. The molecule has 0 saturated carbocycles. The summed E-state index contributed by atoms with van der Waals surface area (Å²) in [6.45, 7) is 5.99. The fourth-order valence-corrected chi connectivity index (χ4v) is 2.05. The zero-order valence-electron chi connectivity index (χ0n) is 11.3. The number of aromatic nitrogens is 3. The van der Waals surface area contributed by atoms with Crippen molar-refractivity contribution in [2.45, 2.75) is 20.8 Å². The lowest BCUT2D eigenvalue weighted by molar-refractivity contribution is 1.08. The number of aryl methyl sites for hydroxylation is 1. The lowest BCUT2D eigenvalue weighted by Crippen LogP contribution is -1.94. The molecular weight excluding hydrogens is 258 g/mol. The van der Waals surface area contributed by atoms with Crippen LogP contribution in [0.1, 0.15) is 19.5 Å². The van der Waals surface area contributed by atoms with Crippen molar-refractivity contribution in [1.82, 2.24) is 14.4 Å². The molecule has 0 atom stereocenters. The lowest BCUT2D eigenvalue weighted by Gasteiger charge is -2.04. The Labute approximate surface area is 117 Å². The summed E-state index contributed by atoms with van der Waals surface area (Å²) in [5.74, 6) is 0. The van der Waals surface area contributed by atoms with Crippen LogP contribution < -0.4 is 0 Å². The minimum absolute atomic E-state index is 0.430. The van der Waals surface area contributed by atoms with Crippen molar-refractivity contribution >= 4 is 17.2 Å². The molecule has 2 aromatic heterocycles. The number of imidazole rings is 1. The van der Waals surface area contributed by atoms with E-state index in [-0.39, 0.29) is 0 Å². The van der Waals surface area contributed by atoms with Crippen LogP contribution in [-0.4, -0.2) is 14.4 Å². The summed E-state index contributed by atoms with van der Waals surface area (Å²) in [5.41, 5.74) is 3.64. The number of fused-ring (bicyclic) bond motifs is 1. The molecule has 0 radical (unpaired) electrons. The number of hydrogen-bond donors (Lipinski definition) is 0. The molecule has 98 valence electrons. The summed E-state index contributed by atoms with van der Waals surface area (Å²) in [4.78, 5) is 8.59. The van der Waals surface area contributed by atoms with Crippen molar-refractivity contribution < 1.29 is 0 Å². The van der Waals surface area contributed by atoms with E-state index in [1.807, 2.05) is 61.7 Å². The Morgan fingerprint density at radius 2 is 1.79 bits per heavy atom. The molecule has 3 nitrogen and oxygen atoms in total. The SMILES string of the molecule is CC.Cc1cnc2c(Cl)nc(-c3ccccc3)cn12. The Morgan fingerprint density at radius 3 is 2.47 bits per heavy atom. The van der Waals surface area contributed by atoms with E-state index >= 15 is 0 Å². The summed E-state index contributed by atoms with van der Waals surface area (Å²) < 4.78 is 1.96. The molecule has 19 heavy (non-hydrogen) atoms. The van der Waals surface area contributed by atoms with Gasteiger partial charge in [0.05, 0.1) is 5.69 Å². The van der Waals surface area contributed by atoms with Crippen molar-refractivity contribution in [3.8, 4) is 11.3 Å². The third kappa shape index (κ3) is 2.61. The van der Waals surface area contributed by atoms with Crippen molar-refractivity contribution in [3.05, 3.63) is 53.6 Å². The van der Waals surface area contributed by atoms with Gasteiger partial charge in [-0.1, -0.05) is 55.8 Å². The van der Waals surface area contributed by atoms with Crippen LogP contribution in [-0.2, 0) is 0 Å². The van der Waals surface area contributed by atoms with Gasteiger partial charge in [0, 0.05) is 23.7 Å². The number of hydrogen-bond acceptors (Lipinski definition) is 2. The fraction of sp³-hybridized carbons (Fsp3) is 0.200. The number of benzene rings is 1. The third-order valence-electron chi connectivity index (χ3n) is 2.71. The Hall–Kier alpha value is -1.87. The van der Waals surface area contributed by atoms with Gasteiger partial charge in [0.25, 0.3) is 0 Å². The molecule has 3 aromatic rings. The topological polar surface area (TPSA) is 30.2 Å². The first-order valence-corrected chi connectivity index (χ1v) is 6.69. The maximum Gasteiger partial charge on any atom is 0.175 e. The summed E-state index contributed by atoms with van der Waals surface area (Å²) in [6.07, 6.45) is 3.75. The highest BCUT2D eigenvalue weighted by Crippen LogP contribution is 2.22. The highest BCUT2D eigenvalue weighted by molar-refractivity contribution is 6.32. The minimum atomic E-state index is 0.430. The molecule has 0 saturated heterocycles. The van der Waals surface area contributed by atoms with Crippen molar-refractivity contribution in [3.63, 3.8) is 0 Å². The van der Waals surface area contributed by atoms with Crippen LogP contribution in [0.5, 0.6) is 0 Å². The van der Waals surface area contributed by atoms with Crippen LogP contribution in [0.4, 0.5) is 0 Å². The number of halogens is 1. The van der Waals surface area contributed by atoms with E-state index in [0.29, 0.717) is 10.8 Å². The molecule has 4 heteroatoms. The maximum absolute atomic E-state index is 6.13. The first-order valence-electron chi connectivity index (χ1n) is 6.31. The molecular formula is C15H16ClN3. The predicted octanol–water partition coefficient (Wildman–Crippen LogP) is 4.38. The minimum Gasteiger partial charge on any atom is -0.300 e. The normalized spacial score (nSPS) is 10.1. The van der Waals surface area contributed by atoms with Crippen LogP contribution in [0, 0.1) is 6.92 Å². The Balaban J connectivity index is 0.000000637. The summed E-state index contributed by atoms with van der Waals surface area (Å²) in [6, 6.07) is 9.96. The van der Waals surface area contributed by atoms with Gasteiger partial charge in [0.15, 0.2) is 10.8 Å². The van der Waals surface area contributed by atoms with E-state index in [0.717, 1.165) is 17.0 Å². The van der Waals surface area contributed by atoms with Gasteiger partial charge in [0.1, 0.15) is 0 Å². The molecule has 3 rings (SSSR count). The highest BCUT2D eigenvalue weighted by atomic mass is 35.5. The number of rotatable bonds is 1. The summed E-state index contributed by atoms with van der Waals surface area (Å²) >= 11 is 6.13. The zero-order valence-corrected chi connectivity index (χ0v) is 12.0. The van der Waals surface area contributed by atoms with Crippen LogP contribution in [0.15, 0.2) is 42.7 Å². The van der Waals surface area contributed by atoms with Gasteiger partial charge >= 0.3 is 0 Å². The van der Waals surface area contributed by atoms with E-state index in [9.17, 15) is 0 Å². The van der Waals surface area contributed by atoms with E-state index in [1.165, 1.54) is 0 Å². The molecule has 0 aliphatic heterocycles. The quantitative estimate of drug-likeness (QED) is 0.658. The van der Waals surface area contributed by atoms with E-state index < -0.39 is 0 Å². The van der Waals surface area contributed by atoms with Crippen LogP contribution in [0.2, 0.25) is 5.15 Å². The van der Waals surface area contributed by atoms with Gasteiger partial charge in [-0.05, 0) is 6.92 Å². The zero-order chi connectivity index (χ0) is 13.8. The summed E-state index contributed by atoms with van der Waals surface area (Å²) in [7, 11) is 0. The Bertz CT molecular complexity index is 674. The van der Waals surface area contributed by atoms with Crippen molar-refractivity contribution in [1.29, 1.82) is 0 Å². The van der Waals surface area contributed by atoms with Crippen molar-refractivity contribution in [2.75, 3.05) is 0 Å². The largest absolute Gasteiger partial charge is 0.300 e. The second kappa shape index (κ2) is 5.85. The molecule has 0 spiro atoms. The standard InChI is InChI=1S/C13H10ClN3.C2H6/c1-9-7-15-13-12(14)16-11(8-17(9)13)10-5-3-2-4-6-10;1-2/h2-8H,1H3;1-2H3. The molecule has 0 aliphatic carbocycles. The highest BCUT2D eigenvalue weighted by Gasteiger charge is 2.08. The molecule has 0 fully saturated rings. The third-order valence-corrected chi connectivity index (χ3v) is 2.96. The van der Waals surface area contributed by atoms with Gasteiger partial charge in [-0.25, -0.2) is 9.97 Å². The molecule has 0 unspecified atom stereocenters. The first kappa shape index (κ1) is 13.6. The van der Waals surface area contributed by atoms with Gasteiger partial charge in [0.2, 0.25) is 0 Å². The van der Waals surface area contributed by atoms with Gasteiger partial charge in [-0.15, -0.1) is 0 Å². The van der Waals surface area contributed by atoms with Crippen LogP contribution in [0.25, 0.3) is 16.9 Å². The van der Waals surface area contributed by atoms with Gasteiger partial charge < -0.3 is 0 Å². The second-order valence-electron chi connectivity index (χ2n) is 3.88. The van der Waals surface area contributed by atoms with Crippen LogP contribution in [0.3, 0.4) is 0 Å². The van der Waals surface area contributed by atoms with E-state index in [2.05, 4.69) is 9.97 Å². The van der Waals surface area contributed by atoms with Crippen molar-refractivity contribution in [2.24, 2.45) is 0 Å². The molecule has 2 heterocycles. The fourth-order valence-electron chi connectivity index (χ4n) is 1.82.